The highest BCUT2D eigenvalue weighted by atomic mass is 16.9. The molecule has 5 fully saturated rings. The maximum absolute atomic E-state index is 11.9. The Bertz CT molecular complexity index is 650. The Morgan fingerprint density at radius 1 is 0.862 bits per heavy atom. The van der Waals surface area contributed by atoms with Gasteiger partial charge in [0, 0.05) is 31.3 Å². The van der Waals surface area contributed by atoms with Crippen LogP contribution in [0.3, 0.4) is 0 Å². The number of ether oxygens (including phenoxy) is 6. The smallest absolute Gasteiger partial charge is 0.333 e. The van der Waals surface area contributed by atoms with Crippen molar-refractivity contribution in [3.05, 3.63) is 12.2 Å². The fourth-order valence-electron chi connectivity index (χ4n) is 5.45. The van der Waals surface area contributed by atoms with Gasteiger partial charge < -0.3 is 28.4 Å². The van der Waals surface area contributed by atoms with E-state index >= 15 is 0 Å². The highest BCUT2D eigenvalue weighted by molar-refractivity contribution is 5.86. The van der Waals surface area contributed by atoms with E-state index in [2.05, 4.69) is 6.58 Å². The van der Waals surface area contributed by atoms with Crippen LogP contribution in [0.2, 0.25) is 0 Å². The molecule has 7 nitrogen and oxygen atoms in total. The molecule has 7 heteroatoms. The van der Waals surface area contributed by atoms with Crippen LogP contribution in [0.4, 0.5) is 0 Å². The lowest BCUT2D eigenvalue weighted by Gasteiger charge is -2.36. The van der Waals surface area contributed by atoms with Gasteiger partial charge >= 0.3 is 5.97 Å². The van der Waals surface area contributed by atoms with Crippen molar-refractivity contribution in [1.82, 2.24) is 0 Å². The van der Waals surface area contributed by atoms with Gasteiger partial charge in [0.15, 0.2) is 17.9 Å². The molecule has 2 aliphatic carbocycles. The zero-order valence-corrected chi connectivity index (χ0v) is 17.2. The standard InChI is InChI=1S/C22H32O7/c1-14(2)19(23)24-13-15-16-17(27-21(26-16)9-5-3-6-10-21)18-20(25-15)29-22(28-18)11-7-4-8-12-22/h15-18,20H,1,3-13H2,2H3/t15-,16+,17+,18-,20+/m1/s1. The molecule has 162 valence electrons. The molecule has 0 aromatic carbocycles. The third kappa shape index (κ3) is 3.65. The van der Waals surface area contributed by atoms with Crippen molar-refractivity contribution in [1.29, 1.82) is 0 Å². The van der Waals surface area contributed by atoms with Crippen molar-refractivity contribution in [2.45, 2.75) is 113 Å². The minimum absolute atomic E-state index is 0.0892. The lowest BCUT2D eigenvalue weighted by atomic mass is 9.94. The second-order valence-electron chi connectivity index (χ2n) is 9.23. The monoisotopic (exact) mass is 408 g/mol. The van der Waals surface area contributed by atoms with Crippen molar-refractivity contribution in [3.8, 4) is 0 Å². The van der Waals surface area contributed by atoms with Crippen LogP contribution in [0.5, 0.6) is 0 Å². The van der Waals surface area contributed by atoms with Crippen LogP contribution in [-0.2, 0) is 33.2 Å². The van der Waals surface area contributed by atoms with Crippen LogP contribution in [0, 0.1) is 0 Å². The summed E-state index contributed by atoms with van der Waals surface area (Å²) in [4.78, 5) is 11.9. The lowest BCUT2D eigenvalue weighted by Crippen LogP contribution is -2.56. The summed E-state index contributed by atoms with van der Waals surface area (Å²) in [5.41, 5.74) is 0.365. The molecule has 5 rings (SSSR count). The summed E-state index contributed by atoms with van der Waals surface area (Å²) < 4.78 is 37.5. The van der Waals surface area contributed by atoms with Crippen LogP contribution in [0.25, 0.3) is 0 Å². The number of fused-ring (bicyclic) bond motifs is 3. The molecule has 2 spiro atoms. The summed E-state index contributed by atoms with van der Waals surface area (Å²) in [5.74, 6) is -1.58. The van der Waals surface area contributed by atoms with Gasteiger partial charge in [-0.2, -0.15) is 0 Å². The molecule has 3 aliphatic heterocycles. The van der Waals surface area contributed by atoms with Crippen LogP contribution in [0.15, 0.2) is 12.2 Å². The second-order valence-corrected chi connectivity index (χ2v) is 9.23. The first-order valence-corrected chi connectivity index (χ1v) is 11.2. The normalized spacial score (nSPS) is 39.8. The van der Waals surface area contributed by atoms with Crippen LogP contribution in [0.1, 0.15) is 71.1 Å². The topological polar surface area (TPSA) is 72.5 Å². The summed E-state index contributed by atoms with van der Waals surface area (Å²) in [6, 6.07) is 0. The molecule has 3 heterocycles. The summed E-state index contributed by atoms with van der Waals surface area (Å²) >= 11 is 0. The number of hydrogen-bond acceptors (Lipinski definition) is 7. The van der Waals surface area contributed by atoms with Gasteiger partial charge in [0.2, 0.25) is 0 Å². The molecule has 29 heavy (non-hydrogen) atoms. The molecule has 2 saturated carbocycles. The first-order valence-electron chi connectivity index (χ1n) is 11.2. The predicted molar refractivity (Wildman–Crippen MR) is 102 cm³/mol. The van der Waals surface area contributed by atoms with E-state index in [4.69, 9.17) is 28.4 Å². The van der Waals surface area contributed by atoms with Crippen molar-refractivity contribution >= 4 is 5.97 Å². The maximum atomic E-state index is 11.9. The zero-order chi connectivity index (χ0) is 20.1. The van der Waals surface area contributed by atoms with Crippen LogP contribution < -0.4 is 0 Å². The number of carbonyl (C=O) groups excluding carboxylic acids is 1. The predicted octanol–water partition coefficient (Wildman–Crippen LogP) is 3.35. The average Bonchev–Trinajstić information content (AvgIpc) is 3.25. The molecule has 0 aromatic rings. The SMILES string of the molecule is C=C(C)C(=O)OC[C@H]1O[C@H]2OC3(CCCCC3)O[C@@H]2[C@H]2OC3(CCCCC3)O[C@H]21. The van der Waals surface area contributed by atoms with Gasteiger partial charge in [0.1, 0.15) is 31.0 Å². The Kier molecular flexibility index (Phi) is 5.23. The van der Waals surface area contributed by atoms with E-state index in [1.165, 1.54) is 12.8 Å². The van der Waals surface area contributed by atoms with E-state index in [0.717, 1.165) is 51.4 Å². The van der Waals surface area contributed by atoms with Crippen molar-refractivity contribution in [2.24, 2.45) is 0 Å². The van der Waals surface area contributed by atoms with Crippen LogP contribution >= 0.6 is 0 Å². The second kappa shape index (κ2) is 7.61. The number of esters is 1. The Morgan fingerprint density at radius 3 is 2.03 bits per heavy atom. The third-order valence-electron chi connectivity index (χ3n) is 6.93. The molecule has 5 atom stereocenters. The Morgan fingerprint density at radius 2 is 1.41 bits per heavy atom. The molecule has 0 aromatic heterocycles. The number of hydrogen-bond donors (Lipinski definition) is 0. The molecule has 0 radical (unpaired) electrons. The van der Waals surface area contributed by atoms with Gasteiger partial charge in [-0.05, 0) is 32.6 Å². The molecule has 0 amide bonds. The minimum Gasteiger partial charge on any atom is -0.459 e. The summed E-state index contributed by atoms with van der Waals surface area (Å²) in [5, 5.41) is 0. The van der Waals surface area contributed by atoms with E-state index in [-0.39, 0.29) is 24.9 Å². The van der Waals surface area contributed by atoms with E-state index in [1.807, 2.05) is 0 Å². The highest BCUT2D eigenvalue weighted by Crippen LogP contribution is 2.50. The van der Waals surface area contributed by atoms with Crippen molar-refractivity contribution in [3.63, 3.8) is 0 Å². The minimum atomic E-state index is -0.576. The van der Waals surface area contributed by atoms with Gasteiger partial charge in [-0.15, -0.1) is 0 Å². The quantitative estimate of drug-likeness (QED) is 0.524. The van der Waals surface area contributed by atoms with E-state index < -0.39 is 29.9 Å². The largest absolute Gasteiger partial charge is 0.459 e. The van der Waals surface area contributed by atoms with E-state index in [1.54, 1.807) is 6.92 Å². The highest BCUT2D eigenvalue weighted by Gasteiger charge is 2.64. The number of carbonyl (C=O) groups is 1. The van der Waals surface area contributed by atoms with Gasteiger partial charge in [-0.1, -0.05) is 19.4 Å². The summed E-state index contributed by atoms with van der Waals surface area (Å²) in [6.07, 6.45) is 8.38. The maximum Gasteiger partial charge on any atom is 0.333 e. The first-order chi connectivity index (χ1) is 14.0. The lowest BCUT2D eigenvalue weighted by molar-refractivity contribution is -0.255. The van der Waals surface area contributed by atoms with Gasteiger partial charge in [-0.25, -0.2) is 4.79 Å². The van der Waals surface area contributed by atoms with E-state index in [9.17, 15) is 4.79 Å². The third-order valence-corrected chi connectivity index (χ3v) is 6.93. The molecule has 5 aliphatic rings. The van der Waals surface area contributed by atoms with Crippen molar-refractivity contribution in [2.75, 3.05) is 6.61 Å². The Balaban J connectivity index is 1.36. The number of rotatable bonds is 3. The van der Waals surface area contributed by atoms with Gasteiger partial charge in [0.05, 0.1) is 0 Å². The molecule has 3 saturated heterocycles. The van der Waals surface area contributed by atoms with Crippen molar-refractivity contribution < 1.29 is 33.2 Å². The van der Waals surface area contributed by atoms with Gasteiger partial charge in [-0.3, -0.25) is 0 Å². The van der Waals surface area contributed by atoms with Crippen LogP contribution in [-0.4, -0.2) is 54.9 Å². The molecule has 0 N–H and O–H groups in total. The summed E-state index contributed by atoms with van der Waals surface area (Å²) in [7, 11) is 0. The molecule has 0 unspecified atom stereocenters. The first kappa shape index (κ1) is 19.9. The fraction of sp³-hybridized carbons (Fsp3) is 0.864. The summed E-state index contributed by atoms with van der Waals surface area (Å²) in [6.45, 7) is 5.37. The Hall–Kier alpha value is -0.990. The zero-order valence-electron chi connectivity index (χ0n) is 17.2. The molecular formula is C22H32O7. The Labute approximate surface area is 172 Å². The van der Waals surface area contributed by atoms with Gasteiger partial charge in [0.25, 0.3) is 0 Å². The average molecular weight is 408 g/mol. The fourth-order valence-corrected chi connectivity index (χ4v) is 5.45. The molecule has 0 bridgehead atoms. The van der Waals surface area contributed by atoms with E-state index in [0.29, 0.717) is 5.57 Å². The molecular weight excluding hydrogens is 376 g/mol.